The number of nitrogens with zero attached hydrogens (tertiary/aromatic N) is 2. The van der Waals surface area contributed by atoms with E-state index in [-0.39, 0.29) is 24.9 Å². The average molecular weight is 356 g/mol. The summed E-state index contributed by atoms with van der Waals surface area (Å²) in [6, 6.07) is 1.19. The monoisotopic (exact) mass is 355 g/mol. The van der Waals surface area contributed by atoms with Crippen LogP contribution in [0.15, 0.2) is 17.2 Å². The van der Waals surface area contributed by atoms with Gasteiger partial charge in [0.25, 0.3) is 10.0 Å². The molecule has 0 aromatic carbocycles. The van der Waals surface area contributed by atoms with Gasteiger partial charge >= 0.3 is 5.97 Å². The maximum absolute atomic E-state index is 12.2. The van der Waals surface area contributed by atoms with Gasteiger partial charge in [-0.2, -0.15) is 5.10 Å². The second-order valence-electron chi connectivity index (χ2n) is 3.63. The zero-order valence-corrected chi connectivity index (χ0v) is 12.9. The van der Waals surface area contributed by atoms with Crippen molar-refractivity contribution in [1.82, 2.24) is 9.78 Å². The minimum atomic E-state index is -4.05. The number of nitrogens with one attached hydrogen (secondary N) is 1. The molecule has 11 heteroatoms. The summed E-state index contributed by atoms with van der Waals surface area (Å²) in [5.41, 5.74) is -0.270. The molecule has 0 radical (unpaired) electrons. The first-order valence-corrected chi connectivity index (χ1v) is 8.01. The van der Waals surface area contributed by atoms with Crippen LogP contribution in [0.1, 0.15) is 10.4 Å². The molecule has 2 heterocycles. The highest BCUT2D eigenvalue weighted by atomic mass is 35.5. The number of carboxylic acids is 1. The lowest BCUT2D eigenvalue weighted by Crippen LogP contribution is -2.17. The van der Waals surface area contributed by atoms with Crippen molar-refractivity contribution in [3.8, 4) is 0 Å². The number of thiophene rings is 1. The fourth-order valence-electron chi connectivity index (χ4n) is 1.41. The summed E-state index contributed by atoms with van der Waals surface area (Å²) in [5, 5.41) is 12.7. The van der Waals surface area contributed by atoms with Crippen LogP contribution in [-0.2, 0) is 17.1 Å². The van der Waals surface area contributed by atoms with Gasteiger partial charge in [-0.25, -0.2) is 13.2 Å². The molecular formula is C9H7Cl2N3O4S2. The molecule has 108 valence electrons. The molecular weight excluding hydrogens is 349 g/mol. The van der Waals surface area contributed by atoms with Crippen LogP contribution in [0.25, 0.3) is 0 Å². The molecule has 2 aromatic rings. The molecule has 0 aliphatic carbocycles. The molecule has 0 spiro atoms. The SMILES string of the molecule is Cn1ncc(C(=O)O)c1NS(=O)(=O)c1cc(Cl)sc1Cl. The van der Waals surface area contributed by atoms with Crippen molar-refractivity contribution in [2.45, 2.75) is 4.90 Å². The minimum absolute atomic E-state index is 0.0125. The van der Waals surface area contributed by atoms with Crippen molar-refractivity contribution in [2.75, 3.05) is 4.72 Å². The summed E-state index contributed by atoms with van der Waals surface area (Å²) in [6.07, 6.45) is 1.04. The molecule has 0 bridgehead atoms. The summed E-state index contributed by atoms with van der Waals surface area (Å²) >= 11 is 12.4. The Kier molecular flexibility index (Phi) is 3.96. The molecule has 0 unspecified atom stereocenters. The van der Waals surface area contributed by atoms with Crippen molar-refractivity contribution >= 4 is 56.3 Å². The number of hydrogen-bond acceptors (Lipinski definition) is 5. The van der Waals surface area contributed by atoms with E-state index >= 15 is 0 Å². The standard InChI is InChI=1S/C9H7Cl2N3O4S2/c1-14-8(4(3-12-14)9(15)16)13-20(17,18)5-2-6(10)19-7(5)11/h2-3,13H,1H3,(H,15,16). The van der Waals surface area contributed by atoms with Gasteiger partial charge in [-0.15, -0.1) is 11.3 Å². The second kappa shape index (κ2) is 5.24. The van der Waals surface area contributed by atoms with Crippen molar-refractivity contribution in [3.63, 3.8) is 0 Å². The predicted octanol–water partition coefficient (Wildman–Crippen LogP) is 2.29. The van der Waals surface area contributed by atoms with Gasteiger partial charge in [0.15, 0.2) is 5.82 Å². The van der Waals surface area contributed by atoms with Gasteiger partial charge < -0.3 is 5.11 Å². The smallest absolute Gasteiger partial charge is 0.341 e. The van der Waals surface area contributed by atoms with Gasteiger partial charge in [-0.05, 0) is 6.07 Å². The summed E-state index contributed by atoms with van der Waals surface area (Å²) in [7, 11) is -2.64. The van der Waals surface area contributed by atoms with E-state index in [0.717, 1.165) is 22.2 Å². The maximum Gasteiger partial charge on any atom is 0.341 e. The van der Waals surface area contributed by atoms with Crippen LogP contribution in [0.3, 0.4) is 0 Å². The summed E-state index contributed by atoms with van der Waals surface area (Å²) < 4.78 is 27.8. The molecule has 20 heavy (non-hydrogen) atoms. The van der Waals surface area contributed by atoms with E-state index in [9.17, 15) is 13.2 Å². The van der Waals surface area contributed by atoms with Crippen LogP contribution >= 0.6 is 34.5 Å². The third-order valence-corrected chi connectivity index (χ3v) is 5.41. The minimum Gasteiger partial charge on any atom is -0.477 e. The van der Waals surface area contributed by atoms with Crippen molar-refractivity contribution in [1.29, 1.82) is 0 Å². The zero-order chi connectivity index (χ0) is 15.1. The number of aryl methyl sites for hydroxylation is 1. The topological polar surface area (TPSA) is 101 Å². The van der Waals surface area contributed by atoms with E-state index < -0.39 is 16.0 Å². The number of anilines is 1. The first-order chi connectivity index (χ1) is 9.22. The molecule has 0 aliphatic heterocycles. The highest BCUT2D eigenvalue weighted by Gasteiger charge is 2.25. The van der Waals surface area contributed by atoms with E-state index in [0.29, 0.717) is 0 Å². The van der Waals surface area contributed by atoms with E-state index in [1.807, 2.05) is 0 Å². The maximum atomic E-state index is 12.2. The van der Waals surface area contributed by atoms with Crippen molar-refractivity contribution in [2.24, 2.45) is 7.05 Å². The average Bonchev–Trinajstić information content (AvgIpc) is 2.83. The Labute approximate surface area is 127 Å². The van der Waals surface area contributed by atoms with Crippen LogP contribution in [0.2, 0.25) is 8.67 Å². The number of sulfonamides is 1. The van der Waals surface area contributed by atoms with E-state index in [1.54, 1.807) is 0 Å². The van der Waals surface area contributed by atoms with Gasteiger partial charge in [-0.1, -0.05) is 23.2 Å². The second-order valence-corrected chi connectivity index (χ2v) is 7.57. The largest absolute Gasteiger partial charge is 0.477 e. The number of aromatic carboxylic acids is 1. The van der Waals surface area contributed by atoms with Crippen LogP contribution in [-0.4, -0.2) is 29.3 Å². The molecule has 0 atom stereocenters. The number of carbonyl (C=O) groups is 1. The van der Waals surface area contributed by atoms with Gasteiger partial charge in [0.1, 0.15) is 14.8 Å². The lowest BCUT2D eigenvalue weighted by atomic mass is 10.3. The highest BCUT2D eigenvalue weighted by molar-refractivity contribution is 7.93. The summed E-state index contributed by atoms with van der Waals surface area (Å²) in [5.74, 6) is -1.47. The van der Waals surface area contributed by atoms with Crippen molar-refractivity contribution < 1.29 is 18.3 Å². The van der Waals surface area contributed by atoms with E-state index in [2.05, 4.69) is 9.82 Å². The Morgan fingerprint density at radius 1 is 1.50 bits per heavy atom. The highest BCUT2D eigenvalue weighted by Crippen LogP contribution is 2.35. The molecule has 0 saturated heterocycles. The Balaban J connectivity index is 2.46. The Morgan fingerprint density at radius 2 is 2.15 bits per heavy atom. The number of carboxylic acid groups (broad SMARTS) is 1. The van der Waals surface area contributed by atoms with Gasteiger partial charge in [0.05, 0.1) is 10.5 Å². The molecule has 2 N–H and O–H groups in total. The molecule has 0 aliphatic rings. The quantitative estimate of drug-likeness (QED) is 0.875. The number of rotatable bonds is 4. The molecule has 0 fully saturated rings. The fourth-order valence-corrected chi connectivity index (χ4v) is 4.67. The third-order valence-electron chi connectivity index (χ3n) is 2.32. The number of aromatic nitrogens is 2. The molecule has 0 saturated carbocycles. The van der Waals surface area contributed by atoms with E-state index in [1.165, 1.54) is 13.1 Å². The third kappa shape index (κ3) is 2.75. The van der Waals surface area contributed by atoms with Crippen LogP contribution in [0, 0.1) is 0 Å². The van der Waals surface area contributed by atoms with Gasteiger partial charge in [0, 0.05) is 7.05 Å². The Bertz CT molecular complexity index is 781. The summed E-state index contributed by atoms with van der Waals surface area (Å²) in [4.78, 5) is 10.8. The predicted molar refractivity (Wildman–Crippen MR) is 75.3 cm³/mol. The normalized spacial score (nSPS) is 11.6. The molecule has 7 nitrogen and oxygen atoms in total. The zero-order valence-electron chi connectivity index (χ0n) is 9.79. The number of hydrogen-bond donors (Lipinski definition) is 2. The van der Waals surface area contributed by atoms with E-state index in [4.69, 9.17) is 28.3 Å². The van der Waals surface area contributed by atoms with Gasteiger partial charge in [0.2, 0.25) is 0 Å². The first kappa shape index (κ1) is 15.1. The van der Waals surface area contributed by atoms with Crippen LogP contribution < -0.4 is 4.72 Å². The lowest BCUT2D eigenvalue weighted by Gasteiger charge is -2.08. The summed E-state index contributed by atoms with van der Waals surface area (Å²) in [6.45, 7) is 0. The fraction of sp³-hybridized carbons (Fsp3) is 0.111. The van der Waals surface area contributed by atoms with Crippen LogP contribution in [0.5, 0.6) is 0 Å². The molecule has 0 amide bonds. The first-order valence-electron chi connectivity index (χ1n) is 4.95. The number of halogens is 2. The molecule has 2 aromatic heterocycles. The van der Waals surface area contributed by atoms with Crippen molar-refractivity contribution in [3.05, 3.63) is 26.5 Å². The Hall–Kier alpha value is -1.29. The lowest BCUT2D eigenvalue weighted by molar-refractivity contribution is 0.0698. The Morgan fingerprint density at radius 3 is 2.65 bits per heavy atom. The van der Waals surface area contributed by atoms with Crippen LogP contribution in [0.4, 0.5) is 5.82 Å². The molecule has 2 rings (SSSR count). The van der Waals surface area contributed by atoms with Gasteiger partial charge in [-0.3, -0.25) is 9.40 Å².